The highest BCUT2D eigenvalue weighted by molar-refractivity contribution is 9.09. The second kappa shape index (κ2) is 6.05. The van der Waals surface area contributed by atoms with Gasteiger partial charge in [0.05, 0.1) is 5.60 Å². The molecule has 4 unspecified atom stereocenters. The van der Waals surface area contributed by atoms with Crippen molar-refractivity contribution in [3.05, 3.63) is 0 Å². The van der Waals surface area contributed by atoms with E-state index in [1.165, 1.54) is 62.9 Å². The van der Waals surface area contributed by atoms with Crippen LogP contribution in [-0.2, 0) is 4.74 Å². The van der Waals surface area contributed by atoms with Crippen molar-refractivity contribution in [1.82, 2.24) is 0 Å². The molecule has 104 valence electrons. The number of ether oxygens (including phenoxy) is 1. The van der Waals surface area contributed by atoms with Gasteiger partial charge in [0, 0.05) is 17.2 Å². The van der Waals surface area contributed by atoms with Crippen molar-refractivity contribution in [1.29, 1.82) is 0 Å². The van der Waals surface area contributed by atoms with Crippen molar-refractivity contribution < 1.29 is 4.74 Å². The molecule has 1 aliphatic carbocycles. The largest absolute Gasteiger partial charge is 0.374 e. The summed E-state index contributed by atoms with van der Waals surface area (Å²) in [5, 5.41) is 0. The molecule has 0 aromatic rings. The fraction of sp³-hybridized carbons (Fsp3) is 1.00. The van der Waals surface area contributed by atoms with Crippen LogP contribution < -0.4 is 0 Å². The minimum Gasteiger partial charge on any atom is -0.374 e. The molecule has 3 rings (SSSR count). The smallest absolute Gasteiger partial charge is 0.0783 e. The Labute approximate surface area is 124 Å². The molecule has 0 bridgehead atoms. The van der Waals surface area contributed by atoms with Crippen LogP contribution in [0.2, 0.25) is 0 Å². The van der Waals surface area contributed by atoms with Crippen molar-refractivity contribution in [3.63, 3.8) is 0 Å². The van der Waals surface area contributed by atoms with Crippen LogP contribution >= 0.6 is 27.7 Å². The van der Waals surface area contributed by atoms with Crippen LogP contribution in [0.1, 0.15) is 51.4 Å². The summed E-state index contributed by atoms with van der Waals surface area (Å²) in [4.78, 5) is 0.772. The number of alkyl halides is 1. The minimum absolute atomic E-state index is 0.270. The SMILES string of the molecule is BrC1CCCCCC1C1CCOC2(CCSC2)C1. The first-order valence-electron chi connectivity index (χ1n) is 7.65. The standard InChI is InChI=1S/C15H25BrOS/c16-14-5-3-1-2-4-13(14)12-6-8-17-15(10-12)7-9-18-11-15/h12-14H,1-11H2. The molecule has 4 atom stereocenters. The van der Waals surface area contributed by atoms with Crippen LogP contribution in [0.5, 0.6) is 0 Å². The highest BCUT2D eigenvalue weighted by atomic mass is 79.9. The molecule has 1 saturated carbocycles. The van der Waals surface area contributed by atoms with E-state index in [-0.39, 0.29) is 5.60 Å². The molecule has 1 spiro atoms. The fourth-order valence-electron chi connectivity index (χ4n) is 4.12. The molecule has 3 aliphatic rings. The van der Waals surface area contributed by atoms with E-state index in [1.807, 2.05) is 0 Å². The molecule has 1 nitrogen and oxygen atoms in total. The van der Waals surface area contributed by atoms with Crippen LogP contribution in [0.15, 0.2) is 0 Å². The summed E-state index contributed by atoms with van der Waals surface area (Å²) >= 11 is 6.09. The van der Waals surface area contributed by atoms with Gasteiger partial charge in [0.2, 0.25) is 0 Å². The average Bonchev–Trinajstić information content (AvgIpc) is 2.70. The van der Waals surface area contributed by atoms with E-state index in [0.29, 0.717) is 0 Å². The Kier molecular flexibility index (Phi) is 4.62. The second-order valence-electron chi connectivity index (χ2n) is 6.40. The summed E-state index contributed by atoms with van der Waals surface area (Å²) in [5.74, 6) is 4.40. The van der Waals surface area contributed by atoms with Gasteiger partial charge in [-0.1, -0.05) is 35.2 Å². The first kappa shape index (κ1) is 13.8. The molecule has 0 aromatic carbocycles. The summed E-state index contributed by atoms with van der Waals surface area (Å²) in [7, 11) is 0. The zero-order valence-electron chi connectivity index (χ0n) is 11.2. The van der Waals surface area contributed by atoms with Gasteiger partial charge >= 0.3 is 0 Å². The molecule has 0 radical (unpaired) electrons. The van der Waals surface area contributed by atoms with Crippen LogP contribution in [0.4, 0.5) is 0 Å². The molecule has 18 heavy (non-hydrogen) atoms. The van der Waals surface area contributed by atoms with E-state index in [1.54, 1.807) is 0 Å². The van der Waals surface area contributed by atoms with Gasteiger partial charge in [0.1, 0.15) is 0 Å². The van der Waals surface area contributed by atoms with Crippen LogP contribution in [0.3, 0.4) is 0 Å². The lowest BCUT2D eigenvalue weighted by atomic mass is 9.75. The maximum atomic E-state index is 6.18. The van der Waals surface area contributed by atoms with Gasteiger partial charge in [0.25, 0.3) is 0 Å². The lowest BCUT2D eigenvalue weighted by molar-refractivity contribution is -0.0895. The molecule has 0 amide bonds. The van der Waals surface area contributed by atoms with Crippen LogP contribution in [0, 0.1) is 11.8 Å². The zero-order chi connectivity index (χ0) is 12.4. The van der Waals surface area contributed by atoms with Gasteiger partial charge in [-0.15, -0.1) is 0 Å². The van der Waals surface area contributed by atoms with Crippen LogP contribution in [-0.4, -0.2) is 28.5 Å². The monoisotopic (exact) mass is 332 g/mol. The number of hydrogen-bond acceptors (Lipinski definition) is 2. The van der Waals surface area contributed by atoms with Crippen molar-refractivity contribution in [3.8, 4) is 0 Å². The van der Waals surface area contributed by atoms with Gasteiger partial charge in [-0.2, -0.15) is 11.8 Å². The van der Waals surface area contributed by atoms with Gasteiger partial charge in [-0.25, -0.2) is 0 Å². The number of halogens is 1. The molecule has 0 N–H and O–H groups in total. The fourth-order valence-corrected chi connectivity index (χ4v) is 6.51. The predicted molar refractivity (Wildman–Crippen MR) is 82.6 cm³/mol. The Bertz CT molecular complexity index is 278. The Hall–Kier alpha value is 0.790. The highest BCUT2D eigenvalue weighted by Crippen LogP contribution is 2.46. The summed E-state index contributed by atoms with van der Waals surface area (Å²) in [6.07, 6.45) is 11.1. The number of hydrogen-bond donors (Lipinski definition) is 0. The molecular formula is C15H25BrOS. The number of thioether (sulfide) groups is 1. The molecule has 0 aromatic heterocycles. The Balaban J connectivity index is 1.67. The summed E-state index contributed by atoms with van der Waals surface area (Å²) < 4.78 is 6.18. The van der Waals surface area contributed by atoms with Crippen molar-refractivity contribution in [2.75, 3.05) is 18.1 Å². The first-order chi connectivity index (χ1) is 8.79. The van der Waals surface area contributed by atoms with E-state index in [9.17, 15) is 0 Å². The second-order valence-corrected chi connectivity index (χ2v) is 8.69. The molecular weight excluding hydrogens is 308 g/mol. The minimum atomic E-state index is 0.270. The number of rotatable bonds is 1. The Morgan fingerprint density at radius 1 is 1.11 bits per heavy atom. The Morgan fingerprint density at radius 3 is 2.83 bits per heavy atom. The molecule has 2 saturated heterocycles. The van der Waals surface area contributed by atoms with Gasteiger partial charge in [-0.3, -0.25) is 0 Å². The molecule has 3 heteroatoms. The lowest BCUT2D eigenvalue weighted by Crippen LogP contribution is -2.43. The van der Waals surface area contributed by atoms with E-state index >= 15 is 0 Å². The summed E-state index contributed by atoms with van der Waals surface area (Å²) in [6.45, 7) is 1.02. The summed E-state index contributed by atoms with van der Waals surface area (Å²) in [6, 6.07) is 0. The van der Waals surface area contributed by atoms with E-state index in [2.05, 4.69) is 27.7 Å². The average molecular weight is 333 g/mol. The van der Waals surface area contributed by atoms with Crippen molar-refractivity contribution in [2.45, 2.75) is 61.8 Å². The summed E-state index contributed by atoms with van der Waals surface area (Å²) in [5.41, 5.74) is 0.270. The predicted octanol–water partition coefficient (Wildman–Crippen LogP) is 4.63. The van der Waals surface area contributed by atoms with Gasteiger partial charge in [-0.05, 0) is 49.7 Å². The van der Waals surface area contributed by atoms with E-state index in [4.69, 9.17) is 4.74 Å². The third-order valence-electron chi connectivity index (χ3n) is 5.19. The van der Waals surface area contributed by atoms with Crippen molar-refractivity contribution in [2.24, 2.45) is 11.8 Å². The molecule has 3 fully saturated rings. The normalized spacial score (nSPS) is 46.2. The maximum Gasteiger partial charge on any atom is 0.0783 e. The Morgan fingerprint density at radius 2 is 2.00 bits per heavy atom. The first-order valence-corrected chi connectivity index (χ1v) is 9.72. The highest BCUT2D eigenvalue weighted by Gasteiger charge is 2.43. The van der Waals surface area contributed by atoms with Gasteiger partial charge in [0.15, 0.2) is 0 Å². The molecule has 2 heterocycles. The zero-order valence-corrected chi connectivity index (χ0v) is 13.6. The van der Waals surface area contributed by atoms with Crippen LogP contribution in [0.25, 0.3) is 0 Å². The third-order valence-corrected chi connectivity index (χ3v) is 7.55. The maximum absolute atomic E-state index is 6.18. The van der Waals surface area contributed by atoms with Gasteiger partial charge < -0.3 is 4.74 Å². The van der Waals surface area contributed by atoms with E-state index in [0.717, 1.165) is 23.3 Å². The topological polar surface area (TPSA) is 9.23 Å². The van der Waals surface area contributed by atoms with E-state index < -0.39 is 0 Å². The van der Waals surface area contributed by atoms with Crippen molar-refractivity contribution >= 4 is 27.7 Å². The lowest BCUT2D eigenvalue weighted by Gasteiger charge is -2.42. The quantitative estimate of drug-likeness (QED) is 0.511. The third kappa shape index (κ3) is 2.93. The molecule has 2 aliphatic heterocycles.